The monoisotopic (exact) mass is 504 g/mol. The average molecular weight is 505 g/mol. The highest BCUT2D eigenvalue weighted by Crippen LogP contribution is 2.68. The van der Waals surface area contributed by atoms with Gasteiger partial charge in [0.15, 0.2) is 0 Å². The maximum Gasteiger partial charge on any atom is 0.302 e. The van der Waals surface area contributed by atoms with Crippen LogP contribution in [-0.4, -0.2) is 44.8 Å². The zero-order valence-corrected chi connectivity index (χ0v) is 23.1. The lowest BCUT2D eigenvalue weighted by Gasteiger charge is -2.61. The Kier molecular flexibility index (Phi) is 6.45. The van der Waals surface area contributed by atoms with Gasteiger partial charge < -0.3 is 4.74 Å². The summed E-state index contributed by atoms with van der Waals surface area (Å²) in [6.07, 6.45) is 13.4. The molecule has 4 fully saturated rings. The van der Waals surface area contributed by atoms with Gasteiger partial charge in [-0.3, -0.25) is 9.69 Å². The highest BCUT2D eigenvalue weighted by atomic mass is 16.5. The Morgan fingerprint density at radius 3 is 2.57 bits per heavy atom. The molecule has 0 amide bonds. The van der Waals surface area contributed by atoms with Crippen LogP contribution >= 0.6 is 0 Å². The summed E-state index contributed by atoms with van der Waals surface area (Å²) in [5, 5.41) is 4.49. The first kappa shape index (κ1) is 25.1. The van der Waals surface area contributed by atoms with E-state index in [1.165, 1.54) is 44.1 Å². The topological polar surface area (TPSA) is 60.3 Å². The molecule has 0 N–H and O–H groups in total. The van der Waals surface area contributed by atoms with Gasteiger partial charge in [0.25, 0.3) is 0 Å². The molecule has 200 valence electrons. The molecule has 1 aromatic heterocycles. The molecule has 0 saturated heterocycles. The van der Waals surface area contributed by atoms with Crippen LogP contribution in [0.4, 0.5) is 0 Å². The zero-order valence-electron chi connectivity index (χ0n) is 23.1. The minimum atomic E-state index is -0.173. The maximum atomic E-state index is 12.2. The molecule has 4 unspecified atom stereocenters. The fourth-order valence-electron chi connectivity index (χ4n) is 9.63. The van der Waals surface area contributed by atoms with Crippen molar-refractivity contribution in [2.75, 3.05) is 7.05 Å². The van der Waals surface area contributed by atoms with Gasteiger partial charge >= 0.3 is 5.97 Å². The van der Waals surface area contributed by atoms with Crippen LogP contribution in [0.1, 0.15) is 83.7 Å². The van der Waals surface area contributed by atoms with Gasteiger partial charge in [0.1, 0.15) is 18.8 Å². The number of fused-ring (bicyclic) bond motifs is 5. The second-order valence-electron chi connectivity index (χ2n) is 13.2. The number of carbonyl (C=O) groups is 1. The number of carbonyl (C=O) groups excluding carboxylic acids is 1. The van der Waals surface area contributed by atoms with Crippen molar-refractivity contribution >= 4 is 5.97 Å². The van der Waals surface area contributed by atoms with E-state index in [1.807, 2.05) is 11.0 Å². The maximum absolute atomic E-state index is 12.2. The molecule has 0 bridgehead atoms. The molecule has 0 aliphatic heterocycles. The Balaban J connectivity index is 1.20. The number of hydrogen-bond donors (Lipinski definition) is 0. The van der Waals surface area contributed by atoms with Crippen molar-refractivity contribution in [3.63, 3.8) is 0 Å². The van der Waals surface area contributed by atoms with Crippen LogP contribution in [0.5, 0.6) is 0 Å². The second kappa shape index (κ2) is 9.52. The van der Waals surface area contributed by atoms with Crippen LogP contribution in [0.3, 0.4) is 0 Å². The molecular formula is C31H44N4O2. The first-order valence-electron chi connectivity index (χ1n) is 14.5. The number of nitrogens with zero attached hydrogens (tertiary/aromatic N) is 4. The molecule has 1 aromatic carbocycles. The van der Waals surface area contributed by atoms with Crippen LogP contribution < -0.4 is 0 Å². The number of rotatable bonds is 5. The highest BCUT2D eigenvalue weighted by Gasteiger charge is 2.64. The third-order valence-electron chi connectivity index (χ3n) is 11.5. The average Bonchev–Trinajstić information content (AvgIpc) is 3.50. The Hall–Kier alpha value is -2.21. The Bertz CT molecular complexity index is 1090. The summed E-state index contributed by atoms with van der Waals surface area (Å²) < 4.78 is 8.05. The zero-order chi connectivity index (χ0) is 25.8. The van der Waals surface area contributed by atoms with Crippen molar-refractivity contribution in [2.45, 2.75) is 96.9 Å². The molecule has 0 spiro atoms. The molecule has 6 nitrogen and oxygen atoms in total. The third-order valence-corrected chi connectivity index (χ3v) is 11.5. The summed E-state index contributed by atoms with van der Waals surface area (Å²) in [4.78, 5) is 19.0. The summed E-state index contributed by atoms with van der Waals surface area (Å²) >= 11 is 0. The van der Waals surface area contributed by atoms with Crippen molar-refractivity contribution in [2.24, 2.45) is 34.5 Å². The predicted molar refractivity (Wildman–Crippen MR) is 143 cm³/mol. The van der Waals surface area contributed by atoms with Crippen molar-refractivity contribution in [1.82, 2.24) is 19.7 Å². The normalized spacial score (nSPS) is 41.1. The summed E-state index contributed by atoms with van der Waals surface area (Å²) in [6.45, 7) is 7.64. The van der Waals surface area contributed by atoms with E-state index in [1.54, 1.807) is 13.3 Å². The van der Waals surface area contributed by atoms with Gasteiger partial charge in [-0.2, -0.15) is 5.10 Å². The van der Waals surface area contributed by atoms with Gasteiger partial charge in [-0.05, 0) is 93.1 Å². The van der Waals surface area contributed by atoms with Gasteiger partial charge in [0.2, 0.25) is 0 Å². The lowest BCUT2D eigenvalue weighted by molar-refractivity contribution is -0.164. The molecule has 2 aromatic rings. The lowest BCUT2D eigenvalue weighted by Crippen LogP contribution is -2.55. The summed E-state index contributed by atoms with van der Waals surface area (Å²) in [5.41, 5.74) is 1.86. The third kappa shape index (κ3) is 4.24. The molecular weight excluding hydrogens is 460 g/mol. The molecule has 4 aliphatic carbocycles. The minimum Gasteiger partial charge on any atom is -0.460 e. The van der Waals surface area contributed by atoms with Gasteiger partial charge in [0.05, 0.1) is 6.04 Å². The van der Waals surface area contributed by atoms with E-state index >= 15 is 0 Å². The van der Waals surface area contributed by atoms with Crippen molar-refractivity contribution in [1.29, 1.82) is 0 Å². The standard InChI is InChI=1S/C31H44N4O2/c1-21(36)37-29-28(35-20-32-19-33-35)17-27-25-11-10-23-16-24(34(4)18-22-8-6-5-7-9-22)12-14-30(23,2)26(25)13-15-31(27,29)3/h5-9,19-20,23-29H,10-18H2,1-4H3/t23?,24-,25?,26?,27?,28-,29-,30-,31-/m0/s1. The lowest BCUT2D eigenvalue weighted by atomic mass is 9.45. The van der Waals surface area contributed by atoms with E-state index < -0.39 is 0 Å². The van der Waals surface area contributed by atoms with E-state index in [0.717, 1.165) is 31.2 Å². The van der Waals surface area contributed by atoms with Crippen molar-refractivity contribution in [3.05, 3.63) is 48.5 Å². The van der Waals surface area contributed by atoms with Crippen molar-refractivity contribution in [3.8, 4) is 0 Å². The van der Waals surface area contributed by atoms with Gasteiger partial charge in [0, 0.05) is 24.9 Å². The van der Waals surface area contributed by atoms with Gasteiger partial charge in [-0.1, -0.05) is 44.2 Å². The summed E-state index contributed by atoms with van der Waals surface area (Å²) in [7, 11) is 2.33. The van der Waals surface area contributed by atoms with Crippen LogP contribution in [0.15, 0.2) is 43.0 Å². The Labute approximate surface area is 222 Å². The van der Waals surface area contributed by atoms with E-state index in [2.05, 4.69) is 66.2 Å². The highest BCUT2D eigenvalue weighted by molar-refractivity contribution is 5.66. The SMILES string of the molecule is CC(=O)O[C@H]1[C@@H](n2cncn2)CC2C3CCC4C[C@@H](N(C)Cc5ccccc5)CC[C@]4(C)C3CC[C@@]21C. The fourth-order valence-corrected chi connectivity index (χ4v) is 9.63. The number of hydrogen-bond acceptors (Lipinski definition) is 5. The van der Waals surface area contributed by atoms with Crippen LogP contribution in [-0.2, 0) is 16.1 Å². The Morgan fingerprint density at radius 1 is 1.05 bits per heavy atom. The van der Waals surface area contributed by atoms with Crippen LogP contribution in [0, 0.1) is 34.5 Å². The molecule has 1 heterocycles. The molecule has 0 radical (unpaired) electrons. The van der Waals surface area contributed by atoms with E-state index in [-0.39, 0.29) is 23.5 Å². The smallest absolute Gasteiger partial charge is 0.302 e. The van der Waals surface area contributed by atoms with E-state index in [9.17, 15) is 4.79 Å². The molecule has 4 saturated carbocycles. The molecule has 9 atom stereocenters. The first-order valence-corrected chi connectivity index (χ1v) is 14.5. The largest absolute Gasteiger partial charge is 0.460 e. The predicted octanol–water partition coefficient (Wildman–Crippen LogP) is 5.90. The first-order chi connectivity index (χ1) is 17.8. The molecule has 6 rings (SSSR count). The quantitative estimate of drug-likeness (QED) is 0.474. The fraction of sp³-hybridized carbons (Fsp3) is 0.710. The summed E-state index contributed by atoms with van der Waals surface area (Å²) in [6, 6.07) is 11.7. The number of aromatic nitrogens is 3. The summed E-state index contributed by atoms with van der Waals surface area (Å²) in [5.74, 6) is 2.70. The second-order valence-corrected chi connectivity index (χ2v) is 13.2. The molecule has 6 heteroatoms. The Morgan fingerprint density at radius 2 is 1.84 bits per heavy atom. The molecule has 4 aliphatic rings. The molecule has 37 heavy (non-hydrogen) atoms. The minimum absolute atomic E-state index is 0.0136. The van der Waals surface area contributed by atoms with Gasteiger partial charge in [-0.25, -0.2) is 9.67 Å². The number of benzene rings is 1. The van der Waals surface area contributed by atoms with E-state index in [0.29, 0.717) is 23.3 Å². The van der Waals surface area contributed by atoms with E-state index in [4.69, 9.17) is 4.74 Å². The van der Waals surface area contributed by atoms with Crippen molar-refractivity contribution < 1.29 is 9.53 Å². The number of ether oxygens (including phenoxy) is 1. The van der Waals surface area contributed by atoms with Crippen LogP contribution in [0.25, 0.3) is 0 Å². The van der Waals surface area contributed by atoms with Crippen LogP contribution in [0.2, 0.25) is 0 Å². The number of esters is 1. The van der Waals surface area contributed by atoms with Gasteiger partial charge in [-0.15, -0.1) is 0 Å².